The predicted molar refractivity (Wildman–Crippen MR) is 81.4 cm³/mol. The number of hydrazine groups is 1. The molecule has 1 aromatic rings. The van der Waals surface area contributed by atoms with E-state index >= 15 is 0 Å². The standard InChI is InChI=1S/C14H19ClN2O5/c1-4-6-22-12-10(15)7-9(8-11(12)20-3)13(18)16-17-14(19)21-5-2/h7-8H,4-6H2,1-3H3,(H,16,18)(H,17,19). The normalized spacial score (nSPS) is 9.82. The molecule has 0 radical (unpaired) electrons. The minimum Gasteiger partial charge on any atom is -0.493 e. The Morgan fingerprint density at radius 1 is 1.23 bits per heavy atom. The summed E-state index contributed by atoms with van der Waals surface area (Å²) >= 11 is 6.11. The Balaban J connectivity index is 2.85. The van der Waals surface area contributed by atoms with Crippen LogP contribution in [0.4, 0.5) is 4.79 Å². The fraction of sp³-hybridized carbons (Fsp3) is 0.429. The smallest absolute Gasteiger partial charge is 0.426 e. The number of methoxy groups -OCH3 is 1. The van der Waals surface area contributed by atoms with E-state index in [4.69, 9.17) is 21.1 Å². The van der Waals surface area contributed by atoms with Gasteiger partial charge in [-0.1, -0.05) is 18.5 Å². The molecule has 0 spiro atoms. The highest BCUT2D eigenvalue weighted by Gasteiger charge is 2.16. The van der Waals surface area contributed by atoms with Crippen molar-refractivity contribution in [1.29, 1.82) is 0 Å². The van der Waals surface area contributed by atoms with E-state index in [0.717, 1.165) is 6.42 Å². The van der Waals surface area contributed by atoms with Crippen molar-refractivity contribution >= 4 is 23.6 Å². The minimum absolute atomic E-state index is 0.199. The molecule has 0 atom stereocenters. The highest BCUT2D eigenvalue weighted by Crippen LogP contribution is 2.36. The molecule has 0 aliphatic heterocycles. The van der Waals surface area contributed by atoms with Gasteiger partial charge in [0, 0.05) is 5.56 Å². The predicted octanol–water partition coefficient (Wildman–Crippen LogP) is 2.53. The lowest BCUT2D eigenvalue weighted by Crippen LogP contribution is -2.41. The van der Waals surface area contributed by atoms with Crippen LogP contribution in [0.2, 0.25) is 5.02 Å². The van der Waals surface area contributed by atoms with Gasteiger partial charge in [0.2, 0.25) is 0 Å². The second-order valence-electron chi connectivity index (χ2n) is 4.14. The fourth-order valence-electron chi connectivity index (χ4n) is 1.54. The molecule has 0 fully saturated rings. The molecule has 1 rings (SSSR count). The molecular weight excluding hydrogens is 312 g/mol. The molecule has 1 aromatic carbocycles. The molecule has 2 amide bonds. The summed E-state index contributed by atoms with van der Waals surface area (Å²) in [6.45, 7) is 4.29. The van der Waals surface area contributed by atoms with E-state index in [-0.39, 0.29) is 17.2 Å². The van der Waals surface area contributed by atoms with Crippen LogP contribution in [0.1, 0.15) is 30.6 Å². The number of amides is 2. The summed E-state index contributed by atoms with van der Waals surface area (Å²) in [6.07, 6.45) is 0.0577. The summed E-state index contributed by atoms with van der Waals surface area (Å²) in [5, 5.41) is 0.245. The van der Waals surface area contributed by atoms with Crippen LogP contribution >= 0.6 is 11.6 Å². The van der Waals surface area contributed by atoms with Crippen molar-refractivity contribution < 1.29 is 23.8 Å². The summed E-state index contributed by atoms with van der Waals surface area (Å²) < 4.78 is 15.3. The third-order valence-electron chi connectivity index (χ3n) is 2.50. The van der Waals surface area contributed by atoms with Crippen molar-refractivity contribution in [3.05, 3.63) is 22.7 Å². The van der Waals surface area contributed by atoms with E-state index in [9.17, 15) is 9.59 Å². The SMILES string of the molecule is CCCOc1c(Cl)cc(C(=O)NNC(=O)OCC)cc1OC. The van der Waals surface area contributed by atoms with Crippen molar-refractivity contribution in [2.75, 3.05) is 20.3 Å². The zero-order valence-corrected chi connectivity index (χ0v) is 13.5. The molecule has 0 aliphatic rings. The number of nitrogens with one attached hydrogen (secondary N) is 2. The maximum Gasteiger partial charge on any atom is 0.426 e. The van der Waals surface area contributed by atoms with Crippen molar-refractivity contribution in [2.45, 2.75) is 20.3 Å². The molecule has 0 aliphatic carbocycles. The van der Waals surface area contributed by atoms with Crippen molar-refractivity contribution in [2.24, 2.45) is 0 Å². The molecule has 122 valence electrons. The van der Waals surface area contributed by atoms with Gasteiger partial charge in [-0.3, -0.25) is 10.2 Å². The first-order chi connectivity index (χ1) is 10.5. The first kappa shape index (κ1) is 17.9. The van der Waals surface area contributed by atoms with Gasteiger partial charge in [0.15, 0.2) is 11.5 Å². The van der Waals surface area contributed by atoms with Crippen LogP contribution in [0.5, 0.6) is 11.5 Å². The molecule has 0 saturated carbocycles. The molecular formula is C14H19ClN2O5. The van der Waals surface area contributed by atoms with Gasteiger partial charge in [-0.2, -0.15) is 0 Å². The second kappa shape index (κ2) is 8.99. The average Bonchev–Trinajstić information content (AvgIpc) is 2.51. The Hall–Kier alpha value is -2.15. The van der Waals surface area contributed by atoms with Gasteiger partial charge < -0.3 is 14.2 Å². The van der Waals surface area contributed by atoms with Crippen LogP contribution in [0.15, 0.2) is 12.1 Å². The van der Waals surface area contributed by atoms with Crippen molar-refractivity contribution in [1.82, 2.24) is 10.9 Å². The van der Waals surface area contributed by atoms with E-state index in [2.05, 4.69) is 15.6 Å². The van der Waals surface area contributed by atoms with E-state index in [1.807, 2.05) is 6.92 Å². The molecule has 8 heteroatoms. The molecule has 0 aromatic heterocycles. The van der Waals surface area contributed by atoms with Gasteiger partial charge in [-0.15, -0.1) is 0 Å². The van der Waals surface area contributed by atoms with E-state index in [0.29, 0.717) is 18.1 Å². The first-order valence-electron chi connectivity index (χ1n) is 6.76. The number of hydrogen-bond donors (Lipinski definition) is 2. The van der Waals surface area contributed by atoms with E-state index in [1.54, 1.807) is 6.92 Å². The number of carbonyl (C=O) groups is 2. The van der Waals surface area contributed by atoms with E-state index < -0.39 is 12.0 Å². The largest absolute Gasteiger partial charge is 0.493 e. The van der Waals surface area contributed by atoms with Gasteiger partial charge >= 0.3 is 6.09 Å². The summed E-state index contributed by atoms with van der Waals surface area (Å²) in [5.74, 6) is 0.151. The van der Waals surface area contributed by atoms with Gasteiger partial charge in [-0.05, 0) is 25.5 Å². The van der Waals surface area contributed by atoms with Crippen LogP contribution in [-0.4, -0.2) is 32.3 Å². The van der Waals surface area contributed by atoms with Gasteiger partial charge in [0.25, 0.3) is 5.91 Å². The summed E-state index contributed by atoms with van der Waals surface area (Å²) in [6, 6.07) is 2.90. The molecule has 0 heterocycles. The van der Waals surface area contributed by atoms with Crippen LogP contribution < -0.4 is 20.3 Å². The third-order valence-corrected chi connectivity index (χ3v) is 2.78. The third kappa shape index (κ3) is 5.00. The number of rotatable bonds is 6. The highest BCUT2D eigenvalue weighted by molar-refractivity contribution is 6.32. The van der Waals surface area contributed by atoms with Gasteiger partial charge in [0.05, 0.1) is 25.3 Å². The Labute approximate surface area is 133 Å². The Morgan fingerprint density at radius 2 is 1.95 bits per heavy atom. The van der Waals surface area contributed by atoms with Crippen molar-refractivity contribution in [3.63, 3.8) is 0 Å². The number of halogens is 1. The molecule has 0 unspecified atom stereocenters. The Kier molecular flexibility index (Phi) is 7.31. The zero-order valence-electron chi connectivity index (χ0n) is 12.7. The lowest BCUT2D eigenvalue weighted by atomic mass is 10.2. The summed E-state index contributed by atoms with van der Waals surface area (Å²) in [7, 11) is 1.45. The fourth-order valence-corrected chi connectivity index (χ4v) is 1.81. The van der Waals surface area contributed by atoms with Crippen molar-refractivity contribution in [3.8, 4) is 11.5 Å². The maximum atomic E-state index is 12.0. The monoisotopic (exact) mass is 330 g/mol. The van der Waals surface area contributed by atoms with Gasteiger partial charge in [-0.25, -0.2) is 10.2 Å². The first-order valence-corrected chi connectivity index (χ1v) is 7.14. The number of hydrogen-bond acceptors (Lipinski definition) is 5. The van der Waals surface area contributed by atoms with Crippen LogP contribution in [-0.2, 0) is 4.74 Å². The Bertz CT molecular complexity index is 536. The van der Waals surface area contributed by atoms with Crippen LogP contribution in [0.25, 0.3) is 0 Å². The average molecular weight is 331 g/mol. The zero-order chi connectivity index (χ0) is 16.5. The topological polar surface area (TPSA) is 85.9 Å². The lowest BCUT2D eigenvalue weighted by Gasteiger charge is -2.14. The molecule has 7 nitrogen and oxygen atoms in total. The summed E-state index contributed by atoms with van der Waals surface area (Å²) in [5.41, 5.74) is 4.53. The lowest BCUT2D eigenvalue weighted by molar-refractivity contribution is 0.0912. The number of ether oxygens (including phenoxy) is 3. The highest BCUT2D eigenvalue weighted by atomic mass is 35.5. The Morgan fingerprint density at radius 3 is 2.55 bits per heavy atom. The van der Waals surface area contributed by atoms with Crippen LogP contribution in [0, 0.1) is 0 Å². The second-order valence-corrected chi connectivity index (χ2v) is 4.54. The molecule has 0 bridgehead atoms. The van der Waals surface area contributed by atoms with Crippen LogP contribution in [0.3, 0.4) is 0 Å². The minimum atomic E-state index is -0.753. The number of carbonyl (C=O) groups excluding carboxylic acids is 2. The van der Waals surface area contributed by atoms with E-state index in [1.165, 1.54) is 19.2 Å². The quantitative estimate of drug-likeness (QED) is 0.783. The molecule has 22 heavy (non-hydrogen) atoms. The van der Waals surface area contributed by atoms with Gasteiger partial charge in [0.1, 0.15) is 0 Å². The molecule has 0 saturated heterocycles. The molecule has 2 N–H and O–H groups in total. The maximum absolute atomic E-state index is 12.0. The summed E-state index contributed by atoms with van der Waals surface area (Å²) in [4.78, 5) is 23.1. The number of benzene rings is 1.